The molecule has 0 aliphatic rings. The van der Waals surface area contributed by atoms with E-state index in [0.29, 0.717) is 15.8 Å². The first-order valence-corrected chi connectivity index (χ1v) is 5.28. The van der Waals surface area contributed by atoms with E-state index >= 15 is 0 Å². The number of ether oxygens (including phenoxy) is 1. The molecule has 1 N–H and O–H groups in total. The molecule has 2 aromatic rings. The molecule has 2 rings (SSSR count). The number of hydrogen-bond acceptors (Lipinski definition) is 2. The van der Waals surface area contributed by atoms with Crippen LogP contribution >= 0.6 is 15.9 Å². The average molecular weight is 273 g/mol. The Hall–Kier alpha value is -0.940. The summed E-state index contributed by atoms with van der Waals surface area (Å²) in [6, 6.07) is 3.06. The van der Waals surface area contributed by atoms with Crippen molar-refractivity contribution < 1.29 is 9.13 Å². The Morgan fingerprint density at radius 3 is 2.93 bits per heavy atom. The summed E-state index contributed by atoms with van der Waals surface area (Å²) < 4.78 is 18.8. The summed E-state index contributed by atoms with van der Waals surface area (Å²) in [5.41, 5.74) is 1.40. The number of nitrogens with zero attached hydrogens (tertiary/aromatic N) is 1. The summed E-state index contributed by atoms with van der Waals surface area (Å²) in [7, 11) is 1.61. The third-order valence-corrected chi connectivity index (χ3v) is 2.89. The van der Waals surface area contributed by atoms with Crippen LogP contribution in [0.4, 0.5) is 4.39 Å². The van der Waals surface area contributed by atoms with Crippen molar-refractivity contribution in [1.29, 1.82) is 0 Å². The molecular weight excluding hydrogens is 263 g/mol. The Labute approximate surface area is 94.8 Å². The minimum Gasteiger partial charge on any atom is -0.374 e. The van der Waals surface area contributed by atoms with Gasteiger partial charge >= 0.3 is 0 Å². The number of hydrogen-bond donors (Lipinski definition) is 1. The summed E-state index contributed by atoms with van der Waals surface area (Å²) >= 11 is 3.12. The standard InChI is InChI=1S/C10H10BrFN2O/c1-5(15-2)10-13-8-3-6(11)7(12)4-9(8)14-10/h3-5H,1-2H3,(H,13,14). The second-order valence-electron chi connectivity index (χ2n) is 3.28. The van der Waals surface area contributed by atoms with Gasteiger partial charge in [0.25, 0.3) is 0 Å². The topological polar surface area (TPSA) is 37.9 Å². The Morgan fingerprint density at radius 1 is 1.53 bits per heavy atom. The van der Waals surface area contributed by atoms with Crippen molar-refractivity contribution in [2.24, 2.45) is 0 Å². The number of methoxy groups -OCH3 is 1. The zero-order valence-corrected chi connectivity index (χ0v) is 9.93. The molecule has 5 heteroatoms. The molecule has 0 saturated carbocycles. The predicted molar refractivity (Wildman–Crippen MR) is 59.2 cm³/mol. The van der Waals surface area contributed by atoms with Gasteiger partial charge in [-0.05, 0) is 28.9 Å². The molecule has 1 heterocycles. The first-order valence-electron chi connectivity index (χ1n) is 4.49. The van der Waals surface area contributed by atoms with Gasteiger partial charge in [-0.3, -0.25) is 0 Å². The monoisotopic (exact) mass is 272 g/mol. The highest BCUT2D eigenvalue weighted by atomic mass is 79.9. The molecule has 1 aromatic heterocycles. The Morgan fingerprint density at radius 2 is 2.27 bits per heavy atom. The lowest BCUT2D eigenvalue weighted by atomic mass is 10.3. The summed E-state index contributed by atoms with van der Waals surface area (Å²) in [5.74, 6) is 0.396. The lowest BCUT2D eigenvalue weighted by Gasteiger charge is -2.03. The zero-order chi connectivity index (χ0) is 11.0. The number of benzene rings is 1. The molecule has 0 aliphatic carbocycles. The van der Waals surface area contributed by atoms with Crippen molar-refractivity contribution in [3.8, 4) is 0 Å². The first kappa shape index (κ1) is 10.6. The minimum absolute atomic E-state index is 0.126. The van der Waals surface area contributed by atoms with E-state index in [4.69, 9.17) is 4.74 Å². The van der Waals surface area contributed by atoms with Gasteiger partial charge in [-0.25, -0.2) is 9.37 Å². The van der Waals surface area contributed by atoms with Crippen LogP contribution in [0.2, 0.25) is 0 Å². The molecule has 80 valence electrons. The summed E-state index contributed by atoms with van der Waals surface area (Å²) in [4.78, 5) is 7.33. The normalized spacial score (nSPS) is 13.3. The Balaban J connectivity index is 2.56. The van der Waals surface area contributed by atoms with Gasteiger partial charge in [-0.15, -0.1) is 0 Å². The number of nitrogens with one attached hydrogen (secondary N) is 1. The third kappa shape index (κ3) is 1.89. The highest BCUT2D eigenvalue weighted by Crippen LogP contribution is 2.23. The van der Waals surface area contributed by atoms with Crippen molar-refractivity contribution in [2.45, 2.75) is 13.0 Å². The molecule has 0 radical (unpaired) electrons. The van der Waals surface area contributed by atoms with Crippen LogP contribution in [-0.4, -0.2) is 17.1 Å². The van der Waals surface area contributed by atoms with Crippen LogP contribution in [0.25, 0.3) is 11.0 Å². The number of rotatable bonds is 2. The van der Waals surface area contributed by atoms with E-state index in [0.717, 1.165) is 5.52 Å². The van der Waals surface area contributed by atoms with Gasteiger partial charge in [0.1, 0.15) is 17.7 Å². The highest BCUT2D eigenvalue weighted by Gasteiger charge is 2.11. The van der Waals surface area contributed by atoms with Crippen LogP contribution in [0, 0.1) is 5.82 Å². The SMILES string of the molecule is COC(C)c1nc2cc(Br)c(F)cc2[nH]1. The van der Waals surface area contributed by atoms with Gasteiger partial charge in [0.15, 0.2) is 0 Å². The van der Waals surface area contributed by atoms with Gasteiger partial charge in [-0.2, -0.15) is 0 Å². The van der Waals surface area contributed by atoms with E-state index < -0.39 is 0 Å². The minimum atomic E-state index is -0.303. The molecule has 0 saturated heterocycles. The quantitative estimate of drug-likeness (QED) is 0.912. The predicted octanol–water partition coefficient (Wildman–Crippen LogP) is 3.17. The van der Waals surface area contributed by atoms with Crippen LogP contribution < -0.4 is 0 Å². The summed E-state index contributed by atoms with van der Waals surface area (Å²) in [6.45, 7) is 1.88. The largest absolute Gasteiger partial charge is 0.374 e. The fourth-order valence-electron chi connectivity index (χ4n) is 1.33. The molecule has 1 atom stereocenters. The number of fused-ring (bicyclic) bond motifs is 1. The molecule has 0 spiro atoms. The number of halogens is 2. The van der Waals surface area contributed by atoms with Crippen molar-refractivity contribution >= 4 is 27.0 Å². The summed E-state index contributed by atoms with van der Waals surface area (Å²) in [5, 5.41) is 0. The Kier molecular flexibility index (Phi) is 2.75. The molecule has 0 aliphatic heterocycles. The van der Waals surface area contributed by atoms with Gasteiger partial charge in [0.2, 0.25) is 0 Å². The van der Waals surface area contributed by atoms with Gasteiger partial charge < -0.3 is 9.72 Å². The molecule has 15 heavy (non-hydrogen) atoms. The second kappa shape index (κ2) is 3.90. The van der Waals surface area contributed by atoms with E-state index in [1.165, 1.54) is 6.07 Å². The molecule has 0 amide bonds. The van der Waals surface area contributed by atoms with E-state index in [-0.39, 0.29) is 11.9 Å². The van der Waals surface area contributed by atoms with Gasteiger partial charge in [-0.1, -0.05) is 0 Å². The second-order valence-corrected chi connectivity index (χ2v) is 4.14. The number of H-pyrrole nitrogens is 1. The third-order valence-electron chi connectivity index (χ3n) is 2.28. The molecule has 0 fully saturated rings. The maximum atomic E-state index is 13.2. The van der Waals surface area contributed by atoms with Crippen molar-refractivity contribution in [2.75, 3.05) is 7.11 Å². The fourth-order valence-corrected chi connectivity index (χ4v) is 1.66. The van der Waals surface area contributed by atoms with Crippen molar-refractivity contribution in [1.82, 2.24) is 9.97 Å². The van der Waals surface area contributed by atoms with Crippen LogP contribution in [0.15, 0.2) is 16.6 Å². The average Bonchev–Trinajstić information content (AvgIpc) is 2.60. The lowest BCUT2D eigenvalue weighted by Crippen LogP contribution is -1.97. The molecule has 1 unspecified atom stereocenters. The van der Waals surface area contributed by atoms with E-state index in [1.54, 1.807) is 13.2 Å². The van der Waals surface area contributed by atoms with Gasteiger partial charge in [0, 0.05) is 13.2 Å². The van der Waals surface area contributed by atoms with E-state index in [1.807, 2.05) is 6.92 Å². The number of aromatic nitrogens is 2. The Bertz CT molecular complexity index is 458. The first-order chi connectivity index (χ1) is 7.11. The van der Waals surface area contributed by atoms with Crippen molar-refractivity contribution in [3.63, 3.8) is 0 Å². The van der Waals surface area contributed by atoms with Crippen molar-refractivity contribution in [3.05, 3.63) is 28.2 Å². The van der Waals surface area contributed by atoms with Crippen LogP contribution in [0.1, 0.15) is 18.9 Å². The summed E-state index contributed by atoms with van der Waals surface area (Å²) in [6.07, 6.45) is -0.126. The molecule has 1 aromatic carbocycles. The number of imidazole rings is 1. The smallest absolute Gasteiger partial charge is 0.139 e. The van der Waals surface area contributed by atoms with E-state index in [9.17, 15) is 4.39 Å². The maximum Gasteiger partial charge on any atom is 0.139 e. The molecular formula is C10H10BrFN2O. The zero-order valence-electron chi connectivity index (χ0n) is 8.34. The molecule has 3 nitrogen and oxygen atoms in total. The van der Waals surface area contributed by atoms with Crippen LogP contribution in [0.3, 0.4) is 0 Å². The van der Waals surface area contributed by atoms with Crippen LogP contribution in [0.5, 0.6) is 0 Å². The van der Waals surface area contributed by atoms with Gasteiger partial charge in [0.05, 0.1) is 15.5 Å². The fraction of sp³-hybridized carbons (Fsp3) is 0.300. The molecule has 0 bridgehead atoms. The lowest BCUT2D eigenvalue weighted by molar-refractivity contribution is 0.113. The van der Waals surface area contributed by atoms with E-state index in [2.05, 4.69) is 25.9 Å². The highest BCUT2D eigenvalue weighted by molar-refractivity contribution is 9.10. The number of aromatic amines is 1. The van der Waals surface area contributed by atoms with Crippen LogP contribution in [-0.2, 0) is 4.74 Å². The maximum absolute atomic E-state index is 13.2.